The van der Waals surface area contributed by atoms with Crippen LogP contribution in [-0.4, -0.2) is 43.7 Å². The number of hydrogen-bond acceptors (Lipinski definition) is 2. The highest BCUT2D eigenvalue weighted by Gasteiger charge is 2.13. The van der Waals surface area contributed by atoms with Gasteiger partial charge < -0.3 is 15.5 Å². The molecule has 0 heterocycles. The van der Waals surface area contributed by atoms with E-state index in [9.17, 15) is 4.79 Å². The lowest BCUT2D eigenvalue weighted by Crippen LogP contribution is -2.38. The summed E-state index contributed by atoms with van der Waals surface area (Å²) in [6.07, 6.45) is 9.03. The van der Waals surface area contributed by atoms with Gasteiger partial charge in [0.1, 0.15) is 0 Å². The van der Waals surface area contributed by atoms with Crippen molar-refractivity contribution in [3.63, 3.8) is 0 Å². The molecule has 118 valence electrons. The van der Waals surface area contributed by atoms with Crippen LogP contribution in [0.2, 0.25) is 0 Å². The second-order valence-corrected chi connectivity index (χ2v) is 5.86. The van der Waals surface area contributed by atoms with Gasteiger partial charge in [0.25, 0.3) is 0 Å². The van der Waals surface area contributed by atoms with E-state index in [1.807, 2.05) is 0 Å². The lowest BCUT2D eigenvalue weighted by molar-refractivity contribution is 0.237. The molecule has 0 saturated heterocycles. The molecule has 0 radical (unpaired) electrons. The Bertz CT molecular complexity index is 248. The van der Waals surface area contributed by atoms with Gasteiger partial charge in [0, 0.05) is 13.1 Å². The van der Waals surface area contributed by atoms with Crippen LogP contribution in [0.4, 0.5) is 4.79 Å². The minimum Gasteiger partial charge on any atom is -0.338 e. The Morgan fingerprint density at radius 3 is 2.35 bits per heavy atom. The van der Waals surface area contributed by atoms with Crippen molar-refractivity contribution < 1.29 is 4.79 Å². The molecule has 1 saturated carbocycles. The molecule has 2 N–H and O–H groups in total. The van der Waals surface area contributed by atoms with Crippen LogP contribution in [0, 0.1) is 5.92 Å². The van der Waals surface area contributed by atoms with E-state index in [2.05, 4.69) is 29.4 Å². The number of carbonyl (C=O) groups is 1. The minimum atomic E-state index is 0.000330. The number of urea groups is 1. The summed E-state index contributed by atoms with van der Waals surface area (Å²) in [6, 6.07) is 0.000330. The standard InChI is InChI=1S/C16H33N3O/c1-3-19(4-2)14-8-12-17-16(20)18-13-11-15-9-6-5-7-10-15/h15H,3-14H2,1-2H3,(H2,17,18,20). The number of nitrogens with zero attached hydrogens (tertiary/aromatic N) is 1. The summed E-state index contributed by atoms with van der Waals surface area (Å²) in [5.74, 6) is 0.840. The highest BCUT2D eigenvalue weighted by Crippen LogP contribution is 2.25. The van der Waals surface area contributed by atoms with E-state index >= 15 is 0 Å². The summed E-state index contributed by atoms with van der Waals surface area (Å²) in [4.78, 5) is 14.0. The van der Waals surface area contributed by atoms with E-state index < -0.39 is 0 Å². The van der Waals surface area contributed by atoms with Crippen molar-refractivity contribution in [3.05, 3.63) is 0 Å². The average molecular weight is 283 g/mol. The van der Waals surface area contributed by atoms with Crippen molar-refractivity contribution in [1.29, 1.82) is 0 Å². The minimum absolute atomic E-state index is 0.000330. The number of amides is 2. The van der Waals surface area contributed by atoms with Crippen LogP contribution in [0.15, 0.2) is 0 Å². The van der Waals surface area contributed by atoms with Gasteiger partial charge in [-0.25, -0.2) is 4.79 Å². The first kappa shape index (κ1) is 17.3. The molecule has 0 aromatic heterocycles. The van der Waals surface area contributed by atoms with Gasteiger partial charge in [-0.2, -0.15) is 0 Å². The topological polar surface area (TPSA) is 44.4 Å². The Morgan fingerprint density at radius 1 is 1.05 bits per heavy atom. The maximum atomic E-state index is 11.6. The molecule has 1 aliphatic carbocycles. The van der Waals surface area contributed by atoms with Crippen LogP contribution in [-0.2, 0) is 0 Å². The molecule has 1 fully saturated rings. The Balaban J connectivity index is 1.94. The maximum absolute atomic E-state index is 11.6. The third kappa shape index (κ3) is 7.73. The molecule has 1 rings (SSSR count). The number of rotatable bonds is 9. The van der Waals surface area contributed by atoms with Crippen molar-refractivity contribution >= 4 is 6.03 Å². The monoisotopic (exact) mass is 283 g/mol. The molecule has 1 aliphatic rings. The van der Waals surface area contributed by atoms with Gasteiger partial charge in [0.15, 0.2) is 0 Å². The third-order valence-electron chi connectivity index (χ3n) is 4.39. The highest BCUT2D eigenvalue weighted by atomic mass is 16.2. The normalized spacial score (nSPS) is 16.4. The Morgan fingerprint density at radius 2 is 1.70 bits per heavy atom. The largest absolute Gasteiger partial charge is 0.338 e. The first-order valence-electron chi connectivity index (χ1n) is 8.50. The zero-order valence-electron chi connectivity index (χ0n) is 13.4. The summed E-state index contributed by atoms with van der Waals surface area (Å²) in [5, 5.41) is 5.93. The van der Waals surface area contributed by atoms with E-state index in [0.29, 0.717) is 0 Å². The second-order valence-electron chi connectivity index (χ2n) is 5.86. The molecule has 0 aromatic carbocycles. The first-order chi connectivity index (χ1) is 9.76. The lowest BCUT2D eigenvalue weighted by atomic mass is 9.87. The van der Waals surface area contributed by atoms with Gasteiger partial charge in [-0.15, -0.1) is 0 Å². The maximum Gasteiger partial charge on any atom is 0.314 e. The Kier molecular flexibility index (Phi) is 9.46. The third-order valence-corrected chi connectivity index (χ3v) is 4.39. The number of hydrogen-bond donors (Lipinski definition) is 2. The van der Waals surface area contributed by atoms with Crippen molar-refractivity contribution in [2.24, 2.45) is 5.92 Å². The summed E-state index contributed by atoms with van der Waals surface area (Å²) < 4.78 is 0. The molecular weight excluding hydrogens is 250 g/mol. The van der Waals surface area contributed by atoms with Gasteiger partial charge in [-0.05, 0) is 38.4 Å². The van der Waals surface area contributed by atoms with Crippen molar-refractivity contribution in [3.8, 4) is 0 Å². The van der Waals surface area contributed by atoms with E-state index in [0.717, 1.165) is 51.5 Å². The molecule has 4 nitrogen and oxygen atoms in total. The van der Waals surface area contributed by atoms with E-state index in [1.165, 1.54) is 32.1 Å². The van der Waals surface area contributed by atoms with Crippen LogP contribution in [0.25, 0.3) is 0 Å². The fourth-order valence-electron chi connectivity index (χ4n) is 2.97. The lowest BCUT2D eigenvalue weighted by Gasteiger charge is -2.21. The SMILES string of the molecule is CCN(CC)CCCNC(=O)NCCC1CCCCC1. The van der Waals surface area contributed by atoms with Gasteiger partial charge in [-0.1, -0.05) is 46.0 Å². The molecule has 0 aromatic rings. The zero-order valence-corrected chi connectivity index (χ0v) is 13.4. The summed E-state index contributed by atoms with van der Waals surface area (Å²) in [5.41, 5.74) is 0. The molecule has 20 heavy (non-hydrogen) atoms. The predicted molar refractivity (Wildman–Crippen MR) is 85.0 cm³/mol. The van der Waals surface area contributed by atoms with Gasteiger partial charge in [0.2, 0.25) is 0 Å². The first-order valence-corrected chi connectivity index (χ1v) is 8.50. The van der Waals surface area contributed by atoms with Gasteiger partial charge in [0.05, 0.1) is 0 Å². The van der Waals surface area contributed by atoms with E-state index in [1.54, 1.807) is 0 Å². The fraction of sp³-hybridized carbons (Fsp3) is 0.938. The van der Waals surface area contributed by atoms with Crippen molar-refractivity contribution in [1.82, 2.24) is 15.5 Å². The van der Waals surface area contributed by atoms with Gasteiger partial charge in [-0.3, -0.25) is 0 Å². The molecule has 0 unspecified atom stereocenters. The van der Waals surface area contributed by atoms with Crippen LogP contribution in [0.3, 0.4) is 0 Å². The van der Waals surface area contributed by atoms with Gasteiger partial charge >= 0.3 is 6.03 Å². The number of nitrogens with one attached hydrogen (secondary N) is 2. The highest BCUT2D eigenvalue weighted by molar-refractivity contribution is 5.73. The Labute approximate surface area is 124 Å². The molecule has 0 aliphatic heterocycles. The van der Waals surface area contributed by atoms with Crippen molar-refractivity contribution in [2.75, 3.05) is 32.7 Å². The van der Waals surface area contributed by atoms with Crippen LogP contribution in [0.5, 0.6) is 0 Å². The smallest absolute Gasteiger partial charge is 0.314 e. The molecule has 4 heteroatoms. The predicted octanol–water partition coefficient (Wildman–Crippen LogP) is 2.99. The molecule has 0 atom stereocenters. The average Bonchev–Trinajstić information content (AvgIpc) is 2.48. The summed E-state index contributed by atoms with van der Waals surface area (Å²) in [6.45, 7) is 9.19. The van der Waals surface area contributed by atoms with Crippen molar-refractivity contribution in [2.45, 2.75) is 58.8 Å². The molecular formula is C16H33N3O. The zero-order chi connectivity index (χ0) is 14.6. The molecule has 2 amide bonds. The van der Waals surface area contributed by atoms with E-state index in [-0.39, 0.29) is 6.03 Å². The second kappa shape index (κ2) is 11.0. The Hall–Kier alpha value is -0.770. The molecule has 0 bridgehead atoms. The van der Waals surface area contributed by atoms with Crippen LogP contribution >= 0.6 is 0 Å². The quantitative estimate of drug-likeness (QED) is 0.639. The molecule has 0 spiro atoms. The number of carbonyl (C=O) groups excluding carboxylic acids is 1. The van der Waals surface area contributed by atoms with E-state index in [4.69, 9.17) is 0 Å². The van der Waals surface area contributed by atoms with Crippen LogP contribution < -0.4 is 10.6 Å². The fourth-order valence-corrected chi connectivity index (χ4v) is 2.97. The summed E-state index contributed by atoms with van der Waals surface area (Å²) >= 11 is 0. The summed E-state index contributed by atoms with van der Waals surface area (Å²) in [7, 11) is 0. The van der Waals surface area contributed by atoms with Crippen LogP contribution in [0.1, 0.15) is 58.8 Å².